The number of carbonyl (C=O) groups excluding carboxylic acids is 3. The molecule has 0 unspecified atom stereocenters. The second-order valence-corrected chi connectivity index (χ2v) is 9.96. The average molecular weight is 549 g/mol. The summed E-state index contributed by atoms with van der Waals surface area (Å²) in [6, 6.07) is 14.5. The molecule has 1 saturated heterocycles. The number of esters is 1. The van der Waals surface area contributed by atoms with Crippen molar-refractivity contribution in [1.29, 1.82) is 5.41 Å². The number of carbonyl (C=O) groups is 3. The molecule has 0 saturated carbocycles. The van der Waals surface area contributed by atoms with Crippen molar-refractivity contribution in [2.75, 3.05) is 34.4 Å². The highest BCUT2D eigenvalue weighted by molar-refractivity contribution is 6.08. The molecule has 3 N–H and O–H groups in total. The SMILES string of the molecule is CN/C=C(\C=N)c1cccc(CCC(=O)N2CCC(CC(=O)N[C@@H](Cc3ccc(OC)cc3)C(=O)OC)CC2)c1. The Kier molecular flexibility index (Phi) is 11.7. The van der Waals surface area contributed by atoms with Crippen LogP contribution in [0.25, 0.3) is 5.57 Å². The molecule has 40 heavy (non-hydrogen) atoms. The van der Waals surface area contributed by atoms with E-state index in [1.54, 1.807) is 20.4 Å². The smallest absolute Gasteiger partial charge is 0.328 e. The van der Waals surface area contributed by atoms with Crippen molar-refractivity contribution in [2.45, 2.75) is 44.6 Å². The van der Waals surface area contributed by atoms with Crippen LogP contribution in [0.15, 0.2) is 54.7 Å². The Bertz CT molecular complexity index is 1190. The molecule has 1 heterocycles. The summed E-state index contributed by atoms with van der Waals surface area (Å²) in [5.41, 5.74) is 3.66. The average Bonchev–Trinajstić information content (AvgIpc) is 2.98. The summed E-state index contributed by atoms with van der Waals surface area (Å²) in [4.78, 5) is 39.9. The predicted octanol–water partition coefficient (Wildman–Crippen LogP) is 3.37. The second kappa shape index (κ2) is 15.5. The molecule has 2 amide bonds. The standard InChI is InChI=1S/C31H40N4O5/c1-33-21-26(20-32)25-6-4-5-22(17-25)9-12-30(37)35-15-13-24(14-16-35)19-29(36)34-28(31(38)40-3)18-23-7-10-27(39-2)11-8-23/h4-8,10-11,17,20-21,24,28,32-33H,9,12-16,18-19H2,1-3H3,(H,34,36)/b26-21+,32-20?/t28-/m0/s1. The van der Waals surface area contributed by atoms with Crippen molar-refractivity contribution >= 4 is 29.6 Å². The van der Waals surface area contributed by atoms with E-state index in [0.717, 1.165) is 40.9 Å². The first-order valence-corrected chi connectivity index (χ1v) is 13.6. The van der Waals surface area contributed by atoms with Crippen LogP contribution in [0.5, 0.6) is 5.75 Å². The van der Waals surface area contributed by atoms with Crippen LogP contribution in [-0.2, 0) is 32.0 Å². The third-order valence-corrected chi connectivity index (χ3v) is 7.20. The molecule has 0 aliphatic carbocycles. The highest BCUT2D eigenvalue weighted by atomic mass is 16.5. The number of rotatable bonds is 13. The molecule has 9 nitrogen and oxygen atoms in total. The molecule has 0 spiro atoms. The maximum Gasteiger partial charge on any atom is 0.328 e. The summed E-state index contributed by atoms with van der Waals surface area (Å²) >= 11 is 0. The van der Waals surface area contributed by atoms with Gasteiger partial charge in [0.1, 0.15) is 11.8 Å². The summed E-state index contributed by atoms with van der Waals surface area (Å²) in [5.74, 6) is 0.305. The van der Waals surface area contributed by atoms with Crippen LogP contribution in [-0.4, -0.2) is 69.3 Å². The van der Waals surface area contributed by atoms with Crippen molar-refractivity contribution < 1.29 is 23.9 Å². The summed E-state index contributed by atoms with van der Waals surface area (Å²) in [6.07, 6.45) is 6.24. The van der Waals surface area contributed by atoms with Gasteiger partial charge in [0.25, 0.3) is 0 Å². The van der Waals surface area contributed by atoms with Crippen LogP contribution in [0.3, 0.4) is 0 Å². The van der Waals surface area contributed by atoms with Crippen LogP contribution < -0.4 is 15.4 Å². The van der Waals surface area contributed by atoms with E-state index in [2.05, 4.69) is 10.6 Å². The first-order valence-electron chi connectivity index (χ1n) is 13.6. The number of amides is 2. The zero-order valence-electron chi connectivity index (χ0n) is 23.6. The van der Waals surface area contributed by atoms with E-state index in [1.165, 1.54) is 13.3 Å². The van der Waals surface area contributed by atoms with Crippen LogP contribution in [0.4, 0.5) is 0 Å². The van der Waals surface area contributed by atoms with Crippen LogP contribution in [0, 0.1) is 11.3 Å². The van der Waals surface area contributed by atoms with E-state index in [-0.39, 0.29) is 17.7 Å². The van der Waals surface area contributed by atoms with E-state index < -0.39 is 12.0 Å². The fraction of sp³-hybridized carbons (Fsp3) is 0.419. The zero-order chi connectivity index (χ0) is 28.9. The molecule has 3 rings (SSSR count). The summed E-state index contributed by atoms with van der Waals surface area (Å²) < 4.78 is 10.1. The minimum absolute atomic E-state index is 0.108. The topological polar surface area (TPSA) is 121 Å². The highest BCUT2D eigenvalue weighted by Gasteiger charge is 2.27. The highest BCUT2D eigenvalue weighted by Crippen LogP contribution is 2.22. The lowest BCUT2D eigenvalue weighted by Crippen LogP contribution is -2.44. The first kappa shape index (κ1) is 30.4. The lowest BCUT2D eigenvalue weighted by molar-refractivity contribution is -0.145. The third-order valence-electron chi connectivity index (χ3n) is 7.20. The van der Waals surface area contributed by atoms with Crippen molar-refractivity contribution in [3.05, 3.63) is 71.4 Å². The van der Waals surface area contributed by atoms with Crippen LogP contribution >= 0.6 is 0 Å². The number of benzene rings is 2. The fourth-order valence-electron chi connectivity index (χ4n) is 4.91. The Morgan fingerprint density at radius 1 is 1.07 bits per heavy atom. The van der Waals surface area contributed by atoms with Gasteiger partial charge < -0.3 is 30.4 Å². The quantitative estimate of drug-likeness (QED) is 0.261. The Balaban J connectivity index is 1.45. The number of nitrogens with zero attached hydrogens (tertiary/aromatic N) is 1. The van der Waals surface area contributed by atoms with Crippen molar-refractivity contribution in [1.82, 2.24) is 15.5 Å². The molecule has 9 heteroatoms. The number of piperidine rings is 1. The first-order chi connectivity index (χ1) is 19.4. The molecular weight excluding hydrogens is 508 g/mol. The zero-order valence-corrected chi connectivity index (χ0v) is 23.6. The van der Waals surface area contributed by atoms with Gasteiger partial charge in [-0.1, -0.05) is 36.4 Å². The summed E-state index contributed by atoms with van der Waals surface area (Å²) in [5, 5.41) is 13.4. The van der Waals surface area contributed by atoms with E-state index in [1.807, 2.05) is 53.4 Å². The lowest BCUT2D eigenvalue weighted by Gasteiger charge is -2.32. The number of hydrogen-bond acceptors (Lipinski definition) is 7. The lowest BCUT2D eigenvalue weighted by atomic mass is 9.92. The van der Waals surface area contributed by atoms with Gasteiger partial charge in [0.2, 0.25) is 11.8 Å². The van der Waals surface area contributed by atoms with Crippen LogP contribution in [0.1, 0.15) is 42.4 Å². The van der Waals surface area contributed by atoms with Gasteiger partial charge in [-0.3, -0.25) is 9.59 Å². The number of hydrogen-bond donors (Lipinski definition) is 3. The fourth-order valence-corrected chi connectivity index (χ4v) is 4.91. The number of likely N-dealkylation sites (tertiary alicyclic amines) is 1. The maximum atomic E-state index is 12.9. The van der Waals surface area contributed by atoms with Gasteiger partial charge in [-0.15, -0.1) is 0 Å². The molecule has 0 bridgehead atoms. The van der Waals surface area contributed by atoms with Gasteiger partial charge in [-0.25, -0.2) is 4.79 Å². The molecular formula is C31H40N4O5. The molecule has 214 valence electrons. The van der Waals surface area contributed by atoms with E-state index in [9.17, 15) is 14.4 Å². The Hall–Kier alpha value is -4.14. The van der Waals surface area contributed by atoms with E-state index in [0.29, 0.717) is 38.8 Å². The van der Waals surface area contributed by atoms with E-state index in [4.69, 9.17) is 14.9 Å². The van der Waals surface area contributed by atoms with Crippen molar-refractivity contribution in [3.8, 4) is 5.75 Å². The Labute approximate surface area is 236 Å². The largest absolute Gasteiger partial charge is 0.497 e. The van der Waals surface area contributed by atoms with Gasteiger partial charge in [-0.2, -0.15) is 0 Å². The van der Waals surface area contributed by atoms with Crippen LogP contribution in [0.2, 0.25) is 0 Å². The molecule has 1 fully saturated rings. The van der Waals surface area contributed by atoms with Gasteiger partial charge in [0.15, 0.2) is 0 Å². The molecule has 1 atom stereocenters. The second-order valence-electron chi connectivity index (χ2n) is 9.96. The Morgan fingerprint density at radius 2 is 1.80 bits per heavy atom. The maximum absolute atomic E-state index is 12.9. The van der Waals surface area contributed by atoms with Gasteiger partial charge in [0, 0.05) is 57.4 Å². The number of allylic oxidation sites excluding steroid dienone is 1. The summed E-state index contributed by atoms with van der Waals surface area (Å²) in [6.45, 7) is 1.23. The monoisotopic (exact) mass is 548 g/mol. The molecule has 1 aliphatic rings. The minimum atomic E-state index is -0.769. The van der Waals surface area contributed by atoms with Crippen molar-refractivity contribution in [3.63, 3.8) is 0 Å². The summed E-state index contributed by atoms with van der Waals surface area (Å²) in [7, 11) is 4.70. The van der Waals surface area contributed by atoms with Crippen molar-refractivity contribution in [2.24, 2.45) is 5.92 Å². The number of ether oxygens (including phenoxy) is 2. The molecule has 0 aromatic heterocycles. The molecule has 0 radical (unpaired) electrons. The number of nitrogens with one attached hydrogen (secondary N) is 3. The van der Waals surface area contributed by atoms with Gasteiger partial charge in [0.05, 0.1) is 14.2 Å². The molecule has 2 aromatic carbocycles. The van der Waals surface area contributed by atoms with Gasteiger partial charge in [-0.05, 0) is 54.0 Å². The van der Waals surface area contributed by atoms with Gasteiger partial charge >= 0.3 is 5.97 Å². The number of aryl methyl sites for hydroxylation is 1. The minimum Gasteiger partial charge on any atom is -0.497 e. The molecule has 2 aromatic rings. The number of methoxy groups -OCH3 is 2. The predicted molar refractivity (Wildman–Crippen MR) is 155 cm³/mol. The third kappa shape index (κ3) is 8.97. The molecule has 1 aliphatic heterocycles. The Morgan fingerprint density at radius 3 is 2.42 bits per heavy atom. The normalized spacial score (nSPS) is 14.7. The van der Waals surface area contributed by atoms with E-state index >= 15 is 0 Å².